The van der Waals surface area contributed by atoms with Crippen LogP contribution in [0.25, 0.3) is 0 Å². The van der Waals surface area contributed by atoms with Gasteiger partial charge in [0.25, 0.3) is 43.1 Å². The Bertz CT molecular complexity index is 186. The van der Waals surface area contributed by atoms with Crippen LogP contribution < -0.4 is 58.5 Å². The second-order valence-electron chi connectivity index (χ2n) is 3.80. The summed E-state index contributed by atoms with van der Waals surface area (Å²) in [6.45, 7) is 8.57. The largest absolute Gasteiger partial charge is 0.321 e. The molecule has 1 fully saturated rings. The fraction of sp³-hybridized carbons (Fsp3) is 1.00. The van der Waals surface area contributed by atoms with Crippen molar-refractivity contribution in [3.05, 3.63) is 0 Å². The lowest BCUT2D eigenvalue weighted by Crippen LogP contribution is -2.39. The van der Waals surface area contributed by atoms with Gasteiger partial charge in [0, 0.05) is 71.0 Å². The highest BCUT2D eigenvalue weighted by atomic mass is 35.6. The van der Waals surface area contributed by atoms with Crippen molar-refractivity contribution < 1.29 is 99.0 Å². The van der Waals surface area contributed by atoms with Crippen molar-refractivity contribution in [1.29, 1.82) is 0 Å². The maximum Gasteiger partial charge on any atom is 0.282 e. The average Bonchev–Trinajstić information content (AvgIpc) is 2.45. The van der Waals surface area contributed by atoms with Gasteiger partial charge in [-0.05, 0) is 0 Å². The standard InChI is InChI=1S/C8H20N4.4ClHO3/c1-2-10-5-6-12-8-7-11-4-3-9-1;4*2-1(3)4/h9-12H,1-8H2;4*2H. The number of hydrogen-bond acceptors (Lipinski definition) is 16. The normalized spacial score (nSPS) is 15.4. The van der Waals surface area contributed by atoms with Crippen LogP contribution in [-0.2, 0) is 0 Å². The molecule has 0 bridgehead atoms. The lowest BCUT2D eigenvalue weighted by Gasteiger charge is -2.11. The van der Waals surface area contributed by atoms with Crippen LogP contribution in [0.15, 0.2) is 0 Å². The Balaban J connectivity index is -0.000000150. The Kier molecular flexibility index (Phi) is 41.3. The summed E-state index contributed by atoms with van der Waals surface area (Å²) < 4.78 is 95.9. The molecule has 0 saturated carbocycles. The number of rotatable bonds is 0. The van der Waals surface area contributed by atoms with Crippen molar-refractivity contribution in [2.24, 2.45) is 0 Å². The predicted molar refractivity (Wildman–Crippen MR) is 60.4 cm³/mol. The molecule has 176 valence electrons. The van der Waals surface area contributed by atoms with Crippen molar-refractivity contribution in [2.45, 2.75) is 0 Å². The van der Waals surface area contributed by atoms with E-state index in [9.17, 15) is 0 Å². The molecule has 0 aromatic carbocycles. The van der Waals surface area contributed by atoms with Gasteiger partial charge in [-0.3, -0.25) is 0 Å². The summed E-state index contributed by atoms with van der Waals surface area (Å²) in [7, 11) is -10.4. The number of nitrogens with one attached hydrogen (secondary N) is 4. The lowest BCUT2D eigenvalue weighted by atomic mass is 10.4. The molecule has 0 unspecified atom stereocenters. The smallest absolute Gasteiger partial charge is 0.282 e. The highest BCUT2D eigenvalue weighted by molar-refractivity contribution is 4.59. The van der Waals surface area contributed by atoms with Crippen LogP contribution in [0.2, 0.25) is 0 Å². The summed E-state index contributed by atoms with van der Waals surface area (Å²) in [5.74, 6) is 0. The minimum atomic E-state index is -2.60. The third-order valence-corrected chi connectivity index (χ3v) is 1.91. The molecule has 1 saturated heterocycles. The van der Waals surface area contributed by atoms with E-state index in [4.69, 9.17) is 55.9 Å². The van der Waals surface area contributed by atoms with Gasteiger partial charge < -0.3 is 58.5 Å². The molecule has 0 radical (unpaired) electrons. The lowest BCUT2D eigenvalue weighted by molar-refractivity contribution is -1.63. The van der Waals surface area contributed by atoms with E-state index < -0.39 is 43.1 Å². The summed E-state index contributed by atoms with van der Waals surface area (Å²) in [5, 5.41) is 13.4. The Morgan fingerprint density at radius 1 is 0.357 bits per heavy atom. The predicted octanol–water partition coefficient (Wildman–Crippen LogP) is -13.4. The molecule has 1 aliphatic rings. The van der Waals surface area contributed by atoms with Crippen LogP contribution in [0.5, 0.6) is 0 Å². The molecule has 1 rings (SSSR count). The van der Waals surface area contributed by atoms with Gasteiger partial charge in [-0.25, -0.2) is 0 Å². The molecule has 28 heavy (non-hydrogen) atoms. The first-order chi connectivity index (χ1) is 12.9. The summed E-state index contributed by atoms with van der Waals surface area (Å²) in [5.41, 5.74) is 0. The van der Waals surface area contributed by atoms with E-state index in [2.05, 4.69) is 21.3 Å². The van der Waals surface area contributed by atoms with E-state index in [1.54, 1.807) is 0 Å². The van der Waals surface area contributed by atoms with Crippen molar-refractivity contribution in [2.75, 3.05) is 52.4 Å². The highest BCUT2D eigenvalue weighted by Crippen LogP contribution is 1.66. The summed E-state index contributed by atoms with van der Waals surface area (Å²) >= 11 is 0. The average molecular weight is 510 g/mol. The molecule has 0 aliphatic carbocycles. The summed E-state index contributed by atoms with van der Waals surface area (Å²) in [6, 6.07) is 0. The fourth-order valence-corrected chi connectivity index (χ4v) is 1.21. The van der Waals surface area contributed by atoms with E-state index in [-0.39, 0.29) is 0 Å². The minimum absolute atomic E-state index is 1.07. The number of hydrogen-bond donors (Lipinski definition) is 8. The van der Waals surface area contributed by atoms with Gasteiger partial charge >= 0.3 is 0 Å². The van der Waals surface area contributed by atoms with Crippen LogP contribution in [0, 0.1) is 43.1 Å². The van der Waals surface area contributed by atoms with Crippen LogP contribution in [-0.4, -0.2) is 71.0 Å². The van der Waals surface area contributed by atoms with Crippen molar-refractivity contribution >= 4 is 0 Å². The van der Waals surface area contributed by atoms with E-state index in [1.807, 2.05) is 0 Å². The molecule has 0 aromatic heterocycles. The fourth-order valence-electron chi connectivity index (χ4n) is 1.21. The zero-order valence-corrected chi connectivity index (χ0v) is 17.2. The van der Waals surface area contributed by atoms with Crippen molar-refractivity contribution in [3.8, 4) is 0 Å². The number of halogens is 4. The molecule has 0 aromatic rings. The molecular formula is C8H24Cl4N4O12. The zero-order valence-electron chi connectivity index (χ0n) is 14.2. The molecule has 20 heteroatoms. The Morgan fingerprint density at radius 2 is 0.429 bits per heavy atom. The Morgan fingerprint density at radius 3 is 0.500 bits per heavy atom. The topological polar surface area (TPSA) is 314 Å². The zero-order chi connectivity index (χ0) is 22.8. The van der Waals surface area contributed by atoms with Gasteiger partial charge in [-0.1, -0.05) is 0 Å². The Labute approximate surface area is 173 Å². The first kappa shape index (κ1) is 35.9. The van der Waals surface area contributed by atoms with E-state index in [0.29, 0.717) is 0 Å². The molecule has 1 aliphatic heterocycles. The Hall–Kier alpha value is 0.520. The first-order valence-electron chi connectivity index (χ1n) is 6.74. The summed E-state index contributed by atoms with van der Waals surface area (Å²) in [6.07, 6.45) is 0. The van der Waals surface area contributed by atoms with E-state index in [0.717, 1.165) is 52.4 Å². The maximum absolute atomic E-state index is 8.52. The third-order valence-electron chi connectivity index (χ3n) is 1.91. The van der Waals surface area contributed by atoms with Gasteiger partial charge in [0.2, 0.25) is 0 Å². The van der Waals surface area contributed by atoms with Gasteiger partial charge in [0.15, 0.2) is 0 Å². The second kappa shape index (κ2) is 32.2. The first-order valence-corrected chi connectivity index (χ1v) is 10.6. The molecule has 0 atom stereocenters. The molecule has 16 nitrogen and oxygen atoms in total. The minimum Gasteiger partial charge on any atom is -0.321 e. The van der Waals surface area contributed by atoms with Gasteiger partial charge in [0.05, 0.1) is 0 Å². The summed E-state index contributed by atoms with van der Waals surface area (Å²) in [4.78, 5) is 0. The quantitative estimate of drug-likeness (QED) is 0.150. The van der Waals surface area contributed by atoms with Gasteiger partial charge in [-0.2, -0.15) is 0 Å². The molecule has 1 heterocycles. The van der Waals surface area contributed by atoms with Crippen molar-refractivity contribution in [3.63, 3.8) is 0 Å². The molecule has 0 amide bonds. The monoisotopic (exact) mass is 508 g/mol. The van der Waals surface area contributed by atoms with E-state index >= 15 is 0 Å². The molecule has 8 N–H and O–H groups in total. The molecular weight excluding hydrogens is 486 g/mol. The second-order valence-corrected chi connectivity index (χ2v) is 5.41. The van der Waals surface area contributed by atoms with Crippen LogP contribution >= 0.6 is 0 Å². The van der Waals surface area contributed by atoms with E-state index in [1.165, 1.54) is 0 Å². The van der Waals surface area contributed by atoms with Crippen LogP contribution in [0.4, 0.5) is 0 Å². The maximum atomic E-state index is 8.52. The SMILES string of the molecule is C1CNCCNCCNCCN1.[O-][Cl+2]([O-])O.[O-][Cl+2]([O-])O.[O-][Cl+2]([O-])O.[O-][Cl+2]([O-])O. The van der Waals surface area contributed by atoms with Crippen molar-refractivity contribution in [1.82, 2.24) is 21.3 Å². The van der Waals surface area contributed by atoms with Crippen LogP contribution in [0.3, 0.4) is 0 Å². The van der Waals surface area contributed by atoms with Gasteiger partial charge in [0.1, 0.15) is 0 Å². The van der Waals surface area contributed by atoms with Crippen LogP contribution in [0.1, 0.15) is 0 Å². The van der Waals surface area contributed by atoms with Gasteiger partial charge in [-0.15, -0.1) is 0 Å². The highest BCUT2D eigenvalue weighted by Gasteiger charge is 1.92. The molecule has 0 spiro atoms. The third kappa shape index (κ3) is 110.